The number of hydrogen-bond acceptors (Lipinski definition) is 3. The molecule has 0 aliphatic heterocycles. The number of aliphatic carboxylic acids is 1. The van der Waals surface area contributed by atoms with Gasteiger partial charge in [0.25, 0.3) is 0 Å². The van der Waals surface area contributed by atoms with Crippen LogP contribution < -0.4 is 0 Å². The molecule has 0 aliphatic rings. The quantitative estimate of drug-likeness (QED) is 0.840. The zero-order valence-electron chi connectivity index (χ0n) is 14.0. The van der Waals surface area contributed by atoms with E-state index in [0.29, 0.717) is 6.42 Å². The van der Waals surface area contributed by atoms with Crippen molar-refractivity contribution in [3.05, 3.63) is 0 Å². The Morgan fingerprint density at radius 3 is 1.80 bits per heavy atom. The van der Waals surface area contributed by atoms with Crippen LogP contribution in [0.5, 0.6) is 0 Å². The normalized spacial score (nSPS) is 15.1. The van der Waals surface area contributed by atoms with Crippen molar-refractivity contribution in [1.29, 1.82) is 0 Å². The minimum atomic E-state index is -1.27. The summed E-state index contributed by atoms with van der Waals surface area (Å²) in [7, 11) is 0. The van der Waals surface area contributed by atoms with Crippen LogP contribution in [0.2, 0.25) is 0 Å². The van der Waals surface area contributed by atoms with Crippen molar-refractivity contribution in [2.75, 3.05) is 0 Å². The zero-order valence-corrected chi connectivity index (χ0v) is 14.0. The molecular formula is C15H29NO4. The summed E-state index contributed by atoms with van der Waals surface area (Å²) in [5, 5.41) is 9.60. The van der Waals surface area contributed by atoms with E-state index in [9.17, 15) is 14.7 Å². The van der Waals surface area contributed by atoms with E-state index in [1.54, 1.807) is 41.5 Å². The highest BCUT2D eigenvalue weighted by molar-refractivity contribution is 5.84. The number of carboxylic acid groups (broad SMARTS) is 1. The molecule has 0 aromatic carbocycles. The SMILES string of the molecule is CC(C)CC(C)(C(=O)O)N(C(=O)OC(C)(C)C)C(C)C. The van der Waals surface area contributed by atoms with Crippen LogP contribution in [0.15, 0.2) is 0 Å². The largest absolute Gasteiger partial charge is 0.480 e. The fourth-order valence-corrected chi connectivity index (χ4v) is 2.38. The maximum Gasteiger partial charge on any atom is 0.411 e. The number of hydrogen-bond donors (Lipinski definition) is 1. The van der Waals surface area contributed by atoms with E-state index in [4.69, 9.17) is 4.74 Å². The highest BCUT2D eigenvalue weighted by atomic mass is 16.6. The van der Waals surface area contributed by atoms with E-state index < -0.39 is 23.2 Å². The van der Waals surface area contributed by atoms with Gasteiger partial charge in [0.1, 0.15) is 11.1 Å². The lowest BCUT2D eigenvalue weighted by molar-refractivity contribution is -0.152. The van der Waals surface area contributed by atoms with Gasteiger partial charge in [0.2, 0.25) is 0 Å². The van der Waals surface area contributed by atoms with E-state index in [-0.39, 0.29) is 12.0 Å². The monoisotopic (exact) mass is 287 g/mol. The van der Waals surface area contributed by atoms with E-state index >= 15 is 0 Å². The smallest absolute Gasteiger partial charge is 0.411 e. The molecule has 0 heterocycles. The summed E-state index contributed by atoms with van der Waals surface area (Å²) < 4.78 is 5.36. The Bertz CT molecular complexity index is 357. The Balaban J connectivity index is 5.51. The number of ether oxygens (including phenoxy) is 1. The summed E-state index contributed by atoms with van der Waals surface area (Å²) in [5.74, 6) is -0.856. The first-order valence-corrected chi connectivity index (χ1v) is 7.07. The minimum absolute atomic E-state index is 0.153. The highest BCUT2D eigenvalue weighted by Crippen LogP contribution is 2.28. The summed E-state index contributed by atoms with van der Waals surface area (Å²) in [6, 6.07) is -0.260. The zero-order chi connectivity index (χ0) is 16.3. The van der Waals surface area contributed by atoms with Crippen molar-refractivity contribution >= 4 is 12.1 Å². The summed E-state index contributed by atoms with van der Waals surface area (Å²) in [6.45, 7) is 14.4. The summed E-state index contributed by atoms with van der Waals surface area (Å²) in [4.78, 5) is 25.4. The van der Waals surface area contributed by atoms with Gasteiger partial charge in [-0.2, -0.15) is 0 Å². The molecule has 0 saturated carbocycles. The third-order valence-electron chi connectivity index (χ3n) is 2.90. The van der Waals surface area contributed by atoms with Gasteiger partial charge in [-0.15, -0.1) is 0 Å². The van der Waals surface area contributed by atoms with Crippen LogP contribution in [0.25, 0.3) is 0 Å². The molecule has 118 valence electrons. The van der Waals surface area contributed by atoms with Crippen LogP contribution in [0, 0.1) is 5.92 Å². The van der Waals surface area contributed by atoms with Gasteiger partial charge in [0, 0.05) is 6.04 Å². The molecule has 20 heavy (non-hydrogen) atoms. The van der Waals surface area contributed by atoms with E-state index in [2.05, 4.69) is 0 Å². The summed E-state index contributed by atoms with van der Waals surface area (Å²) >= 11 is 0. The maximum absolute atomic E-state index is 12.4. The van der Waals surface area contributed by atoms with Gasteiger partial charge < -0.3 is 9.84 Å². The molecule has 0 bridgehead atoms. The van der Waals surface area contributed by atoms with Crippen LogP contribution in [-0.2, 0) is 9.53 Å². The standard InChI is InChI=1S/C15H29NO4/c1-10(2)9-15(8,12(17)18)16(11(3)4)13(19)20-14(5,6)7/h10-11H,9H2,1-8H3,(H,17,18). The van der Waals surface area contributed by atoms with Crippen molar-refractivity contribution in [2.45, 2.75) is 79.0 Å². The van der Waals surface area contributed by atoms with Gasteiger partial charge >= 0.3 is 12.1 Å². The number of amides is 1. The van der Waals surface area contributed by atoms with E-state index in [1.807, 2.05) is 13.8 Å². The van der Waals surface area contributed by atoms with Crippen molar-refractivity contribution in [2.24, 2.45) is 5.92 Å². The van der Waals surface area contributed by atoms with Crippen molar-refractivity contribution in [3.63, 3.8) is 0 Å². The fourth-order valence-electron chi connectivity index (χ4n) is 2.38. The Hall–Kier alpha value is -1.26. The lowest BCUT2D eigenvalue weighted by atomic mass is 9.88. The predicted octanol–water partition coefficient (Wildman–Crippen LogP) is 3.52. The van der Waals surface area contributed by atoms with Crippen LogP contribution in [-0.4, -0.2) is 39.3 Å². The molecule has 1 unspecified atom stereocenters. The molecule has 0 aromatic rings. The second-order valence-electron chi connectivity index (χ2n) is 7.12. The Morgan fingerprint density at radius 1 is 1.10 bits per heavy atom. The first kappa shape index (κ1) is 18.7. The summed E-state index contributed by atoms with van der Waals surface area (Å²) in [6.07, 6.45) is -0.210. The molecule has 1 atom stereocenters. The third kappa shape index (κ3) is 5.02. The predicted molar refractivity (Wildman–Crippen MR) is 78.7 cm³/mol. The average molecular weight is 287 g/mol. The van der Waals surface area contributed by atoms with Gasteiger partial charge in [-0.05, 0) is 53.9 Å². The lowest BCUT2D eigenvalue weighted by Gasteiger charge is -2.42. The first-order valence-electron chi connectivity index (χ1n) is 7.07. The third-order valence-corrected chi connectivity index (χ3v) is 2.90. The minimum Gasteiger partial charge on any atom is -0.480 e. The summed E-state index contributed by atoms with van der Waals surface area (Å²) in [5.41, 5.74) is -1.92. The van der Waals surface area contributed by atoms with Crippen molar-refractivity contribution < 1.29 is 19.4 Å². The van der Waals surface area contributed by atoms with E-state index in [1.165, 1.54) is 4.90 Å². The Kier molecular flexibility index (Phi) is 6.05. The molecule has 0 fully saturated rings. The number of carbonyl (C=O) groups excluding carboxylic acids is 1. The second kappa shape index (κ2) is 6.46. The Labute approximate surface area is 122 Å². The lowest BCUT2D eigenvalue weighted by Crippen LogP contribution is -2.59. The van der Waals surface area contributed by atoms with E-state index in [0.717, 1.165) is 0 Å². The average Bonchev–Trinajstić information content (AvgIpc) is 2.11. The first-order chi connectivity index (χ1) is 8.81. The molecule has 5 nitrogen and oxygen atoms in total. The maximum atomic E-state index is 12.4. The molecule has 0 spiro atoms. The van der Waals surface area contributed by atoms with Gasteiger partial charge in [-0.3, -0.25) is 4.90 Å². The highest BCUT2D eigenvalue weighted by Gasteiger charge is 2.45. The number of rotatable bonds is 5. The Morgan fingerprint density at radius 2 is 1.55 bits per heavy atom. The fraction of sp³-hybridized carbons (Fsp3) is 0.867. The number of carboxylic acids is 1. The van der Waals surface area contributed by atoms with Crippen LogP contribution in [0.1, 0.15) is 61.8 Å². The molecule has 1 N–H and O–H groups in total. The van der Waals surface area contributed by atoms with Gasteiger partial charge in [-0.25, -0.2) is 9.59 Å². The van der Waals surface area contributed by atoms with Crippen LogP contribution in [0.3, 0.4) is 0 Å². The van der Waals surface area contributed by atoms with Crippen molar-refractivity contribution in [3.8, 4) is 0 Å². The van der Waals surface area contributed by atoms with Gasteiger partial charge in [0.15, 0.2) is 0 Å². The molecule has 5 heteroatoms. The van der Waals surface area contributed by atoms with Crippen LogP contribution >= 0.6 is 0 Å². The van der Waals surface area contributed by atoms with Gasteiger partial charge in [0.05, 0.1) is 0 Å². The molecular weight excluding hydrogens is 258 g/mol. The molecule has 0 saturated heterocycles. The topological polar surface area (TPSA) is 66.8 Å². The molecule has 0 rings (SSSR count). The molecule has 0 aromatic heterocycles. The second-order valence-corrected chi connectivity index (χ2v) is 7.12. The van der Waals surface area contributed by atoms with Gasteiger partial charge in [-0.1, -0.05) is 13.8 Å². The molecule has 0 aliphatic carbocycles. The number of carbonyl (C=O) groups is 2. The van der Waals surface area contributed by atoms with Crippen molar-refractivity contribution in [1.82, 2.24) is 4.90 Å². The van der Waals surface area contributed by atoms with Crippen LogP contribution in [0.4, 0.5) is 4.79 Å². The number of nitrogens with zero attached hydrogens (tertiary/aromatic N) is 1. The molecule has 0 radical (unpaired) electrons. The molecule has 1 amide bonds.